The summed E-state index contributed by atoms with van der Waals surface area (Å²) in [5, 5.41) is 22.9. The van der Waals surface area contributed by atoms with E-state index in [1.54, 1.807) is 24.3 Å². The van der Waals surface area contributed by atoms with Gasteiger partial charge in [-0.25, -0.2) is 0 Å². The minimum absolute atomic E-state index is 0.0348. The van der Waals surface area contributed by atoms with Crippen LogP contribution in [0.2, 0.25) is 0 Å². The molecule has 0 atom stereocenters. The predicted octanol–water partition coefficient (Wildman–Crippen LogP) is 1.43. The average Bonchev–Trinajstić information content (AvgIpc) is 3.04. The Hall–Kier alpha value is -2.87. The van der Waals surface area contributed by atoms with Gasteiger partial charge in [-0.3, -0.25) is 15.0 Å². The van der Waals surface area contributed by atoms with Crippen molar-refractivity contribution in [1.82, 2.24) is 10.6 Å². The van der Waals surface area contributed by atoms with E-state index < -0.39 is 5.97 Å². The van der Waals surface area contributed by atoms with Crippen LogP contribution in [0.15, 0.2) is 28.7 Å². The van der Waals surface area contributed by atoms with Crippen LogP contribution in [0.25, 0.3) is 11.0 Å². The molecule has 3 rings (SSSR count). The van der Waals surface area contributed by atoms with Gasteiger partial charge in [-0.1, -0.05) is 0 Å². The summed E-state index contributed by atoms with van der Waals surface area (Å²) in [5.74, 6) is -0.940. The molecule has 6 N–H and O–H groups in total. The molecule has 1 saturated carbocycles. The summed E-state index contributed by atoms with van der Waals surface area (Å²) in [6, 6.07) is 6.97. The maximum Gasteiger partial charge on any atom is 0.317 e. The number of amides is 1. The second-order valence-corrected chi connectivity index (χ2v) is 6.57. The molecule has 0 saturated heterocycles. The van der Waals surface area contributed by atoms with Crippen LogP contribution in [-0.2, 0) is 4.79 Å². The van der Waals surface area contributed by atoms with Gasteiger partial charge in [0.25, 0.3) is 5.91 Å². The lowest BCUT2D eigenvalue weighted by Gasteiger charge is -2.29. The number of fused-ring (bicyclic) bond motifs is 1. The molecule has 26 heavy (non-hydrogen) atoms. The molecule has 1 fully saturated rings. The highest BCUT2D eigenvalue weighted by molar-refractivity contribution is 6.00. The molecule has 1 heterocycles. The molecule has 1 aliphatic carbocycles. The molecule has 2 aromatic rings. The first-order chi connectivity index (χ1) is 12.4. The van der Waals surface area contributed by atoms with E-state index in [9.17, 15) is 9.59 Å². The van der Waals surface area contributed by atoms with Crippen LogP contribution < -0.4 is 16.4 Å². The van der Waals surface area contributed by atoms with E-state index >= 15 is 0 Å². The van der Waals surface area contributed by atoms with Crippen LogP contribution in [0.5, 0.6) is 0 Å². The molecule has 0 unspecified atom stereocenters. The molecule has 0 bridgehead atoms. The summed E-state index contributed by atoms with van der Waals surface area (Å²) in [7, 11) is 0. The van der Waals surface area contributed by atoms with Gasteiger partial charge < -0.3 is 25.9 Å². The fourth-order valence-electron chi connectivity index (χ4n) is 3.25. The van der Waals surface area contributed by atoms with Crippen molar-refractivity contribution in [3.8, 4) is 0 Å². The second kappa shape index (κ2) is 7.57. The molecule has 8 nitrogen and oxygen atoms in total. The van der Waals surface area contributed by atoms with Crippen molar-refractivity contribution in [2.24, 2.45) is 5.73 Å². The van der Waals surface area contributed by atoms with E-state index in [-0.39, 0.29) is 36.1 Å². The minimum Gasteiger partial charge on any atom is -0.480 e. The Morgan fingerprint density at radius 3 is 2.54 bits per heavy atom. The van der Waals surface area contributed by atoms with Gasteiger partial charge in [0, 0.05) is 23.0 Å². The smallest absolute Gasteiger partial charge is 0.317 e. The number of carboxylic acid groups (broad SMARTS) is 1. The lowest BCUT2D eigenvalue weighted by atomic mass is 9.91. The largest absolute Gasteiger partial charge is 0.480 e. The summed E-state index contributed by atoms with van der Waals surface area (Å²) in [6.45, 7) is -0.0388. The van der Waals surface area contributed by atoms with E-state index in [0.717, 1.165) is 31.1 Å². The normalized spacial score (nSPS) is 20.0. The Labute approximate surface area is 150 Å². The third kappa shape index (κ3) is 4.20. The number of aliphatic carboxylic acids is 1. The third-order valence-electron chi connectivity index (χ3n) is 4.66. The SMILES string of the molecule is N=C(N)c1ccc2oc(C(=O)NC3CCC(NCC(=O)O)CC3)cc2c1. The molecule has 1 amide bonds. The van der Waals surface area contributed by atoms with Crippen molar-refractivity contribution < 1.29 is 19.1 Å². The molecule has 1 aliphatic rings. The van der Waals surface area contributed by atoms with E-state index in [1.807, 2.05) is 0 Å². The van der Waals surface area contributed by atoms with Gasteiger partial charge in [-0.2, -0.15) is 0 Å². The fourth-order valence-corrected chi connectivity index (χ4v) is 3.25. The van der Waals surface area contributed by atoms with E-state index in [0.29, 0.717) is 11.1 Å². The van der Waals surface area contributed by atoms with Gasteiger partial charge in [-0.05, 0) is 49.9 Å². The summed E-state index contributed by atoms with van der Waals surface area (Å²) < 4.78 is 5.59. The number of carbonyl (C=O) groups is 2. The van der Waals surface area contributed by atoms with Gasteiger partial charge in [0.05, 0.1) is 6.54 Å². The molecular weight excluding hydrogens is 336 g/mol. The Morgan fingerprint density at radius 2 is 1.88 bits per heavy atom. The zero-order chi connectivity index (χ0) is 18.7. The molecule has 138 valence electrons. The first-order valence-corrected chi connectivity index (χ1v) is 8.56. The van der Waals surface area contributed by atoms with Crippen molar-refractivity contribution in [3.63, 3.8) is 0 Å². The monoisotopic (exact) mass is 358 g/mol. The van der Waals surface area contributed by atoms with E-state index in [1.165, 1.54) is 0 Å². The van der Waals surface area contributed by atoms with Crippen molar-refractivity contribution in [2.45, 2.75) is 37.8 Å². The fraction of sp³-hybridized carbons (Fsp3) is 0.389. The van der Waals surface area contributed by atoms with Crippen LogP contribution in [0, 0.1) is 5.41 Å². The lowest BCUT2D eigenvalue weighted by molar-refractivity contribution is -0.136. The second-order valence-electron chi connectivity index (χ2n) is 6.57. The van der Waals surface area contributed by atoms with Crippen molar-refractivity contribution in [2.75, 3.05) is 6.54 Å². The van der Waals surface area contributed by atoms with Gasteiger partial charge in [0.1, 0.15) is 11.4 Å². The quantitative estimate of drug-likeness (QED) is 0.391. The van der Waals surface area contributed by atoms with Gasteiger partial charge in [0.2, 0.25) is 0 Å². The molecule has 0 radical (unpaired) electrons. The van der Waals surface area contributed by atoms with Gasteiger partial charge >= 0.3 is 5.97 Å². The maximum atomic E-state index is 12.4. The summed E-state index contributed by atoms with van der Waals surface area (Å²) in [5.41, 5.74) is 6.63. The van der Waals surface area contributed by atoms with Crippen molar-refractivity contribution in [3.05, 3.63) is 35.6 Å². The summed E-state index contributed by atoms with van der Waals surface area (Å²) in [4.78, 5) is 23.0. The van der Waals surface area contributed by atoms with Gasteiger partial charge in [0.15, 0.2) is 5.76 Å². The maximum absolute atomic E-state index is 12.4. The number of furan rings is 1. The van der Waals surface area contributed by atoms with Crippen LogP contribution in [0.4, 0.5) is 0 Å². The topological polar surface area (TPSA) is 141 Å². The highest BCUT2D eigenvalue weighted by atomic mass is 16.4. The van der Waals surface area contributed by atoms with Crippen LogP contribution >= 0.6 is 0 Å². The number of benzene rings is 1. The van der Waals surface area contributed by atoms with Crippen LogP contribution in [-0.4, -0.2) is 41.4 Å². The number of nitrogen functional groups attached to an aromatic ring is 1. The molecule has 1 aromatic heterocycles. The van der Waals surface area contributed by atoms with Crippen LogP contribution in [0.3, 0.4) is 0 Å². The first-order valence-electron chi connectivity index (χ1n) is 8.56. The Balaban J connectivity index is 1.58. The Morgan fingerprint density at radius 1 is 1.19 bits per heavy atom. The molecule has 0 spiro atoms. The number of nitrogens with two attached hydrogens (primary N) is 1. The van der Waals surface area contributed by atoms with Gasteiger partial charge in [-0.15, -0.1) is 0 Å². The van der Waals surface area contributed by atoms with Crippen molar-refractivity contribution >= 4 is 28.7 Å². The molecule has 8 heteroatoms. The van der Waals surface area contributed by atoms with Crippen LogP contribution in [0.1, 0.15) is 41.8 Å². The van der Waals surface area contributed by atoms with E-state index in [4.69, 9.17) is 20.7 Å². The number of nitrogens with one attached hydrogen (secondary N) is 3. The molecular formula is C18H22N4O4. The number of hydrogen-bond acceptors (Lipinski definition) is 5. The zero-order valence-electron chi connectivity index (χ0n) is 14.2. The number of hydrogen-bond donors (Lipinski definition) is 5. The first kappa shape index (κ1) is 17.9. The summed E-state index contributed by atoms with van der Waals surface area (Å²) in [6.07, 6.45) is 3.22. The zero-order valence-corrected chi connectivity index (χ0v) is 14.2. The summed E-state index contributed by atoms with van der Waals surface area (Å²) >= 11 is 0. The standard InChI is InChI=1S/C18H22N4O4/c19-17(20)10-1-6-14-11(7-10)8-15(26-14)18(25)22-13-4-2-12(3-5-13)21-9-16(23)24/h1,6-8,12-13,21H,2-5,9H2,(H3,19,20)(H,22,25)(H,23,24). The number of rotatable bonds is 6. The lowest BCUT2D eigenvalue weighted by Crippen LogP contribution is -2.43. The van der Waals surface area contributed by atoms with Crippen molar-refractivity contribution in [1.29, 1.82) is 5.41 Å². The average molecular weight is 358 g/mol. The predicted molar refractivity (Wildman–Crippen MR) is 96.4 cm³/mol. The Bertz CT molecular complexity index is 837. The number of amidine groups is 1. The number of carbonyl (C=O) groups excluding carboxylic acids is 1. The third-order valence-corrected chi connectivity index (χ3v) is 4.66. The highest BCUT2D eigenvalue weighted by Gasteiger charge is 2.24. The molecule has 0 aliphatic heterocycles. The number of carboxylic acids is 1. The highest BCUT2D eigenvalue weighted by Crippen LogP contribution is 2.22. The minimum atomic E-state index is -0.863. The Kier molecular flexibility index (Phi) is 5.22. The van der Waals surface area contributed by atoms with E-state index in [2.05, 4.69) is 10.6 Å². The molecule has 1 aromatic carbocycles.